The van der Waals surface area contributed by atoms with Crippen molar-refractivity contribution < 1.29 is 14.0 Å². The lowest BCUT2D eigenvalue weighted by molar-refractivity contribution is -0.160. The minimum atomic E-state index is -0.464. The molecule has 4 aromatic rings. The van der Waals surface area contributed by atoms with Gasteiger partial charge < -0.3 is 14.2 Å². The lowest BCUT2D eigenvalue weighted by Crippen LogP contribution is -2.66. The number of hydrogen-bond donors (Lipinski definition) is 0. The molecule has 2 aliphatic heterocycles. The van der Waals surface area contributed by atoms with Gasteiger partial charge in [0.1, 0.15) is 23.9 Å². The highest BCUT2D eigenvalue weighted by molar-refractivity contribution is 5.95. The smallest absolute Gasteiger partial charge is 0.247 e. The summed E-state index contributed by atoms with van der Waals surface area (Å²) in [4.78, 5) is 37.1. The number of piperazine rings is 2. The normalized spacial score (nSPS) is 19.1. The van der Waals surface area contributed by atoms with Crippen molar-refractivity contribution >= 4 is 33.7 Å². The van der Waals surface area contributed by atoms with Crippen LogP contribution in [0.25, 0.3) is 21.9 Å². The average Bonchev–Trinajstić information content (AvgIpc) is 3.24. The van der Waals surface area contributed by atoms with E-state index in [0.29, 0.717) is 26.2 Å². The monoisotopic (exact) mass is 468 g/mol. The van der Waals surface area contributed by atoms with Gasteiger partial charge in [-0.2, -0.15) is 0 Å². The van der Waals surface area contributed by atoms with Crippen molar-refractivity contribution in [2.24, 2.45) is 0 Å². The maximum atomic E-state index is 13.6. The summed E-state index contributed by atoms with van der Waals surface area (Å²) < 4.78 is 6.02. The van der Waals surface area contributed by atoms with Crippen LogP contribution in [0.2, 0.25) is 0 Å². The Morgan fingerprint density at radius 3 is 2.69 bits per heavy atom. The quantitative estimate of drug-likeness (QED) is 0.448. The van der Waals surface area contributed by atoms with Crippen LogP contribution in [0.3, 0.4) is 0 Å². The number of aryl methyl sites for hydroxylation is 1. The van der Waals surface area contributed by atoms with E-state index < -0.39 is 6.04 Å². The molecule has 7 nitrogen and oxygen atoms in total. The van der Waals surface area contributed by atoms with Gasteiger partial charge in [0, 0.05) is 48.9 Å². The first kappa shape index (κ1) is 21.8. The van der Waals surface area contributed by atoms with Crippen molar-refractivity contribution in [1.82, 2.24) is 19.7 Å². The molecule has 2 saturated heterocycles. The molecule has 178 valence electrons. The van der Waals surface area contributed by atoms with E-state index in [0.717, 1.165) is 51.9 Å². The Morgan fingerprint density at radius 2 is 1.80 bits per heavy atom. The van der Waals surface area contributed by atoms with E-state index >= 15 is 0 Å². The van der Waals surface area contributed by atoms with Crippen LogP contribution in [0.15, 0.2) is 65.1 Å². The molecule has 0 N–H and O–H groups in total. The predicted octanol–water partition coefficient (Wildman–Crippen LogP) is 3.60. The van der Waals surface area contributed by atoms with Crippen molar-refractivity contribution in [3.8, 4) is 0 Å². The third-order valence-corrected chi connectivity index (χ3v) is 7.20. The fraction of sp³-hybridized carbons (Fsp3) is 0.321. The van der Waals surface area contributed by atoms with Crippen LogP contribution >= 0.6 is 0 Å². The number of benzene rings is 2. The van der Waals surface area contributed by atoms with Crippen LogP contribution in [0.1, 0.15) is 23.9 Å². The lowest BCUT2D eigenvalue weighted by Gasteiger charge is -2.46. The summed E-state index contributed by atoms with van der Waals surface area (Å²) in [6, 6.07) is 19.6. The second-order valence-corrected chi connectivity index (χ2v) is 9.38. The second-order valence-electron chi connectivity index (χ2n) is 9.38. The number of amides is 2. The molecule has 1 atom stereocenters. The van der Waals surface area contributed by atoms with Gasteiger partial charge in [0.05, 0.1) is 17.8 Å². The minimum Gasteiger partial charge on any atom is -0.461 e. The molecular weight excluding hydrogens is 440 g/mol. The zero-order valence-corrected chi connectivity index (χ0v) is 19.8. The van der Waals surface area contributed by atoms with Gasteiger partial charge in [0.15, 0.2) is 0 Å². The Hall–Kier alpha value is -3.71. The van der Waals surface area contributed by atoms with Crippen molar-refractivity contribution in [2.75, 3.05) is 26.2 Å². The van der Waals surface area contributed by atoms with E-state index in [1.54, 1.807) is 9.80 Å². The molecule has 2 fully saturated rings. The SMILES string of the molecule is CCc1oc2ccccc2c1CN1CC(=O)N2CCN(Cc3ccc4ccccc4n3)CC2C1=O. The molecule has 2 aliphatic rings. The molecule has 0 aliphatic carbocycles. The van der Waals surface area contributed by atoms with Crippen LogP contribution in [0.5, 0.6) is 0 Å². The van der Waals surface area contributed by atoms with Crippen molar-refractivity contribution in [3.05, 3.63) is 77.7 Å². The van der Waals surface area contributed by atoms with E-state index in [9.17, 15) is 9.59 Å². The van der Waals surface area contributed by atoms with Crippen LogP contribution in [0, 0.1) is 0 Å². The maximum Gasteiger partial charge on any atom is 0.247 e. The highest BCUT2D eigenvalue weighted by Gasteiger charge is 2.42. The Kier molecular flexibility index (Phi) is 5.49. The number of fused-ring (bicyclic) bond motifs is 3. The highest BCUT2D eigenvalue weighted by Crippen LogP contribution is 2.29. The summed E-state index contributed by atoms with van der Waals surface area (Å²) in [6.07, 6.45) is 0.738. The van der Waals surface area contributed by atoms with Gasteiger partial charge in [-0.1, -0.05) is 49.4 Å². The van der Waals surface area contributed by atoms with E-state index in [2.05, 4.69) is 17.0 Å². The second kappa shape index (κ2) is 8.82. The molecule has 6 rings (SSSR count). The molecule has 35 heavy (non-hydrogen) atoms. The average molecular weight is 469 g/mol. The van der Waals surface area contributed by atoms with Crippen LogP contribution in [-0.2, 0) is 29.1 Å². The van der Waals surface area contributed by atoms with Gasteiger partial charge in [-0.05, 0) is 18.2 Å². The molecule has 2 aromatic carbocycles. The molecular formula is C28H28N4O3. The summed E-state index contributed by atoms with van der Waals surface area (Å²) in [5.74, 6) is 0.901. The molecule has 0 spiro atoms. The molecule has 1 unspecified atom stereocenters. The summed E-state index contributed by atoms with van der Waals surface area (Å²) >= 11 is 0. The van der Waals surface area contributed by atoms with E-state index in [1.165, 1.54) is 0 Å². The first-order chi connectivity index (χ1) is 17.1. The van der Waals surface area contributed by atoms with Crippen LogP contribution in [0.4, 0.5) is 0 Å². The van der Waals surface area contributed by atoms with Gasteiger partial charge >= 0.3 is 0 Å². The number of nitrogens with zero attached hydrogens (tertiary/aromatic N) is 4. The number of aromatic nitrogens is 1. The summed E-state index contributed by atoms with van der Waals surface area (Å²) in [5.41, 5.74) is 3.77. The van der Waals surface area contributed by atoms with E-state index in [1.807, 2.05) is 55.5 Å². The Morgan fingerprint density at radius 1 is 0.971 bits per heavy atom. The van der Waals surface area contributed by atoms with Gasteiger partial charge in [0.2, 0.25) is 11.8 Å². The first-order valence-corrected chi connectivity index (χ1v) is 12.3. The number of para-hydroxylation sites is 2. The first-order valence-electron chi connectivity index (χ1n) is 12.3. The van der Waals surface area contributed by atoms with Gasteiger partial charge in [0.25, 0.3) is 0 Å². The van der Waals surface area contributed by atoms with E-state index in [-0.39, 0.29) is 18.4 Å². The number of pyridine rings is 1. The summed E-state index contributed by atoms with van der Waals surface area (Å²) in [6.45, 7) is 5.02. The molecule has 0 radical (unpaired) electrons. The number of carbonyl (C=O) groups excluding carboxylic acids is 2. The predicted molar refractivity (Wildman–Crippen MR) is 134 cm³/mol. The Bertz CT molecular complexity index is 1430. The number of hydrogen-bond acceptors (Lipinski definition) is 5. The molecule has 7 heteroatoms. The number of carbonyl (C=O) groups is 2. The van der Waals surface area contributed by atoms with Crippen molar-refractivity contribution in [2.45, 2.75) is 32.5 Å². The zero-order chi connectivity index (χ0) is 23.9. The summed E-state index contributed by atoms with van der Waals surface area (Å²) in [7, 11) is 0. The topological polar surface area (TPSA) is 69.9 Å². The lowest BCUT2D eigenvalue weighted by atomic mass is 10.0. The fourth-order valence-corrected chi connectivity index (χ4v) is 5.39. The van der Waals surface area contributed by atoms with Gasteiger partial charge in [-0.15, -0.1) is 0 Å². The van der Waals surface area contributed by atoms with Gasteiger partial charge in [-0.25, -0.2) is 0 Å². The summed E-state index contributed by atoms with van der Waals surface area (Å²) in [5, 5.41) is 2.13. The highest BCUT2D eigenvalue weighted by atomic mass is 16.3. The Labute approximate surface area is 203 Å². The molecule has 4 heterocycles. The number of furan rings is 1. The minimum absolute atomic E-state index is 0.00750. The van der Waals surface area contributed by atoms with E-state index in [4.69, 9.17) is 9.40 Å². The molecule has 0 saturated carbocycles. The van der Waals surface area contributed by atoms with Crippen molar-refractivity contribution in [1.29, 1.82) is 0 Å². The third-order valence-electron chi connectivity index (χ3n) is 7.20. The molecule has 2 aromatic heterocycles. The van der Waals surface area contributed by atoms with Crippen LogP contribution < -0.4 is 0 Å². The molecule has 0 bridgehead atoms. The van der Waals surface area contributed by atoms with Gasteiger partial charge in [-0.3, -0.25) is 19.5 Å². The standard InChI is InChI=1S/C28H28N4O3/c1-2-25-22(21-8-4-6-10-26(21)35-25)16-31-18-27(33)32-14-13-30(17-24(32)28(31)34)15-20-12-11-19-7-3-5-9-23(19)29-20/h3-12,24H,2,13-18H2,1H3. The molecule has 2 amide bonds. The largest absolute Gasteiger partial charge is 0.461 e. The van der Waals surface area contributed by atoms with Crippen LogP contribution in [-0.4, -0.2) is 63.7 Å². The fourth-order valence-electron chi connectivity index (χ4n) is 5.39. The van der Waals surface area contributed by atoms with Crippen molar-refractivity contribution in [3.63, 3.8) is 0 Å². The maximum absolute atomic E-state index is 13.6. The number of rotatable bonds is 5. The Balaban J connectivity index is 1.21. The third kappa shape index (κ3) is 3.96. The zero-order valence-electron chi connectivity index (χ0n) is 19.8.